The standard InChI is InChI=1S/C22H18BrN3O/c1-3-14-25-18-10-6-7-11-19(18)26-22(25)21(15(2)24-26)20(27)13-12-16-8-4-5-9-17(16)23/h3-13H,1,14H2,2H3/b13-12+. The molecule has 27 heavy (non-hydrogen) atoms. The number of para-hydroxylation sites is 2. The molecule has 0 fully saturated rings. The van der Waals surface area contributed by atoms with Gasteiger partial charge in [0, 0.05) is 11.0 Å². The second-order valence-corrected chi connectivity index (χ2v) is 7.16. The molecule has 0 aliphatic rings. The van der Waals surface area contributed by atoms with E-state index in [1.54, 1.807) is 6.08 Å². The maximum atomic E-state index is 13.1. The van der Waals surface area contributed by atoms with Crippen LogP contribution in [-0.4, -0.2) is 20.0 Å². The molecule has 0 aliphatic heterocycles. The van der Waals surface area contributed by atoms with Crippen molar-refractivity contribution in [2.75, 3.05) is 0 Å². The first-order valence-corrected chi connectivity index (χ1v) is 9.45. The molecule has 4 rings (SSSR count). The lowest BCUT2D eigenvalue weighted by atomic mass is 10.1. The largest absolute Gasteiger partial charge is 0.320 e. The molecule has 0 atom stereocenters. The highest BCUT2D eigenvalue weighted by Crippen LogP contribution is 2.26. The molecule has 0 saturated heterocycles. The summed E-state index contributed by atoms with van der Waals surface area (Å²) in [6.45, 7) is 6.34. The molecular formula is C22H18BrN3O. The zero-order valence-corrected chi connectivity index (χ0v) is 16.5. The van der Waals surface area contributed by atoms with Crippen LogP contribution in [0.25, 0.3) is 22.8 Å². The highest BCUT2D eigenvalue weighted by atomic mass is 79.9. The molecule has 0 spiro atoms. The third-order valence-corrected chi connectivity index (χ3v) is 5.29. The molecule has 0 amide bonds. The smallest absolute Gasteiger partial charge is 0.191 e. The quantitative estimate of drug-likeness (QED) is 0.245. The van der Waals surface area contributed by atoms with Crippen LogP contribution < -0.4 is 0 Å². The first kappa shape index (κ1) is 17.5. The molecule has 5 heteroatoms. The van der Waals surface area contributed by atoms with E-state index in [-0.39, 0.29) is 5.78 Å². The summed E-state index contributed by atoms with van der Waals surface area (Å²) in [4.78, 5) is 13.1. The average Bonchev–Trinajstić information content (AvgIpc) is 3.15. The Labute approximate surface area is 165 Å². The topological polar surface area (TPSA) is 39.3 Å². The van der Waals surface area contributed by atoms with Crippen molar-refractivity contribution in [3.8, 4) is 0 Å². The van der Waals surface area contributed by atoms with E-state index in [2.05, 4.69) is 32.2 Å². The third-order valence-electron chi connectivity index (χ3n) is 4.57. The minimum absolute atomic E-state index is 0.0635. The van der Waals surface area contributed by atoms with Gasteiger partial charge in [-0.15, -0.1) is 6.58 Å². The number of hydrogen-bond donors (Lipinski definition) is 0. The van der Waals surface area contributed by atoms with Crippen molar-refractivity contribution in [1.82, 2.24) is 14.2 Å². The first-order valence-electron chi connectivity index (χ1n) is 8.66. The SMILES string of the molecule is C=CCn1c2ccccc2n2nc(C)c(C(=O)/C=C/c3ccccc3Br)c12. The van der Waals surface area contributed by atoms with Gasteiger partial charge in [0.05, 0.1) is 22.3 Å². The van der Waals surface area contributed by atoms with Crippen LogP contribution in [0.5, 0.6) is 0 Å². The van der Waals surface area contributed by atoms with Crippen molar-refractivity contribution >= 4 is 44.5 Å². The zero-order chi connectivity index (χ0) is 19.0. The van der Waals surface area contributed by atoms with Gasteiger partial charge in [0.15, 0.2) is 5.78 Å². The number of carbonyl (C=O) groups is 1. The van der Waals surface area contributed by atoms with Gasteiger partial charge in [0.2, 0.25) is 0 Å². The van der Waals surface area contributed by atoms with Crippen LogP contribution in [0.1, 0.15) is 21.6 Å². The summed E-state index contributed by atoms with van der Waals surface area (Å²) in [7, 11) is 0. The van der Waals surface area contributed by atoms with Crippen molar-refractivity contribution in [3.63, 3.8) is 0 Å². The Kier molecular flexibility index (Phi) is 4.54. The predicted octanol–water partition coefficient (Wildman–Crippen LogP) is 5.44. The molecule has 2 aromatic heterocycles. The van der Waals surface area contributed by atoms with Crippen LogP contribution in [0.15, 0.2) is 71.7 Å². The number of benzene rings is 2. The van der Waals surface area contributed by atoms with Gasteiger partial charge in [0.1, 0.15) is 5.65 Å². The van der Waals surface area contributed by atoms with Crippen LogP contribution in [0.2, 0.25) is 0 Å². The van der Waals surface area contributed by atoms with Crippen LogP contribution in [0.4, 0.5) is 0 Å². The summed E-state index contributed by atoms with van der Waals surface area (Å²) in [6, 6.07) is 15.8. The molecule has 0 radical (unpaired) electrons. The number of allylic oxidation sites excluding steroid dienone is 2. The van der Waals surface area contributed by atoms with E-state index in [0.29, 0.717) is 12.1 Å². The number of ketones is 1. The van der Waals surface area contributed by atoms with E-state index in [9.17, 15) is 4.79 Å². The van der Waals surface area contributed by atoms with E-state index in [4.69, 9.17) is 0 Å². The highest BCUT2D eigenvalue weighted by Gasteiger charge is 2.21. The summed E-state index contributed by atoms with van der Waals surface area (Å²) in [5.41, 5.74) is 5.11. The Hall–Kier alpha value is -2.92. The van der Waals surface area contributed by atoms with Crippen LogP contribution in [0, 0.1) is 6.92 Å². The number of carbonyl (C=O) groups excluding carboxylic acids is 1. The van der Waals surface area contributed by atoms with E-state index < -0.39 is 0 Å². The van der Waals surface area contributed by atoms with Gasteiger partial charge in [-0.2, -0.15) is 5.10 Å². The molecule has 0 aliphatic carbocycles. The van der Waals surface area contributed by atoms with Crippen LogP contribution >= 0.6 is 15.9 Å². The summed E-state index contributed by atoms with van der Waals surface area (Å²) < 4.78 is 4.89. The number of rotatable bonds is 5. The zero-order valence-electron chi connectivity index (χ0n) is 14.9. The van der Waals surface area contributed by atoms with Crippen molar-refractivity contribution in [3.05, 3.63) is 88.6 Å². The number of aryl methyl sites for hydroxylation is 1. The van der Waals surface area contributed by atoms with Crippen molar-refractivity contribution in [2.24, 2.45) is 0 Å². The number of aromatic nitrogens is 3. The fourth-order valence-electron chi connectivity index (χ4n) is 3.38. The molecule has 4 nitrogen and oxygen atoms in total. The van der Waals surface area contributed by atoms with Gasteiger partial charge in [-0.1, -0.05) is 52.3 Å². The molecule has 4 aromatic rings. The van der Waals surface area contributed by atoms with Crippen molar-refractivity contribution in [2.45, 2.75) is 13.5 Å². The lowest BCUT2D eigenvalue weighted by Crippen LogP contribution is -2.02. The minimum atomic E-state index is -0.0635. The first-order chi connectivity index (χ1) is 13.1. The fraction of sp³-hybridized carbons (Fsp3) is 0.0909. The molecule has 0 N–H and O–H groups in total. The Balaban J connectivity index is 1.88. The van der Waals surface area contributed by atoms with Gasteiger partial charge < -0.3 is 4.57 Å². The van der Waals surface area contributed by atoms with Gasteiger partial charge in [0.25, 0.3) is 0 Å². The Morgan fingerprint density at radius 3 is 2.59 bits per heavy atom. The normalized spacial score (nSPS) is 11.6. The third kappa shape index (κ3) is 2.94. The fourth-order valence-corrected chi connectivity index (χ4v) is 3.80. The predicted molar refractivity (Wildman–Crippen MR) is 113 cm³/mol. The van der Waals surface area contributed by atoms with Crippen molar-refractivity contribution in [1.29, 1.82) is 0 Å². The van der Waals surface area contributed by atoms with Gasteiger partial charge in [-0.3, -0.25) is 4.79 Å². The molecule has 2 heterocycles. The Bertz CT molecular complexity index is 1210. The molecule has 0 unspecified atom stereocenters. The van der Waals surface area contributed by atoms with Gasteiger partial charge >= 0.3 is 0 Å². The van der Waals surface area contributed by atoms with E-state index in [1.165, 1.54) is 0 Å². The maximum Gasteiger partial charge on any atom is 0.191 e. The Morgan fingerprint density at radius 1 is 1.15 bits per heavy atom. The Morgan fingerprint density at radius 2 is 1.85 bits per heavy atom. The monoisotopic (exact) mass is 419 g/mol. The number of fused-ring (bicyclic) bond motifs is 3. The molecular weight excluding hydrogens is 402 g/mol. The van der Waals surface area contributed by atoms with Gasteiger partial charge in [-0.25, -0.2) is 4.52 Å². The summed E-state index contributed by atoms with van der Waals surface area (Å²) in [6.07, 6.45) is 5.27. The summed E-state index contributed by atoms with van der Waals surface area (Å²) in [5.74, 6) is -0.0635. The number of imidazole rings is 1. The van der Waals surface area contributed by atoms with E-state index in [1.807, 2.05) is 72.1 Å². The lowest BCUT2D eigenvalue weighted by molar-refractivity contribution is 0.104. The summed E-state index contributed by atoms with van der Waals surface area (Å²) >= 11 is 3.51. The lowest BCUT2D eigenvalue weighted by Gasteiger charge is -2.03. The number of halogens is 1. The number of hydrogen-bond acceptors (Lipinski definition) is 2. The average molecular weight is 420 g/mol. The van der Waals surface area contributed by atoms with Crippen LogP contribution in [0.3, 0.4) is 0 Å². The number of nitrogens with zero attached hydrogens (tertiary/aromatic N) is 3. The second kappa shape index (κ2) is 7.00. The molecule has 134 valence electrons. The van der Waals surface area contributed by atoms with Crippen LogP contribution in [-0.2, 0) is 6.54 Å². The molecule has 2 aromatic carbocycles. The van der Waals surface area contributed by atoms with Gasteiger partial charge in [-0.05, 0) is 42.8 Å². The highest BCUT2D eigenvalue weighted by molar-refractivity contribution is 9.10. The molecule has 0 bridgehead atoms. The molecule has 0 saturated carbocycles. The van der Waals surface area contributed by atoms with E-state index >= 15 is 0 Å². The van der Waals surface area contributed by atoms with E-state index in [0.717, 1.165) is 32.4 Å². The second-order valence-electron chi connectivity index (χ2n) is 6.30. The maximum absolute atomic E-state index is 13.1. The minimum Gasteiger partial charge on any atom is -0.320 e. The summed E-state index contributed by atoms with van der Waals surface area (Å²) in [5, 5.41) is 4.64. The van der Waals surface area contributed by atoms with Crippen molar-refractivity contribution < 1.29 is 4.79 Å².